The maximum atomic E-state index is 14.5. The predicted molar refractivity (Wildman–Crippen MR) is 147 cm³/mol. The van der Waals surface area contributed by atoms with Crippen molar-refractivity contribution in [2.75, 3.05) is 13.1 Å². The van der Waals surface area contributed by atoms with Crippen LogP contribution in [-0.2, 0) is 11.0 Å². The molecule has 8 nitrogen and oxygen atoms in total. The molecule has 0 saturated heterocycles. The van der Waals surface area contributed by atoms with Gasteiger partial charge in [0.1, 0.15) is 0 Å². The molecule has 1 saturated carbocycles. The number of rotatable bonds is 7. The average Bonchev–Trinajstić information content (AvgIpc) is 3.33. The Hall–Kier alpha value is -3.47. The molecule has 220 valence electrons. The normalized spacial score (nSPS) is 19.8. The van der Waals surface area contributed by atoms with Crippen LogP contribution in [0, 0.1) is 10.8 Å². The number of nitrogens with zero attached hydrogens (tertiary/aromatic N) is 4. The van der Waals surface area contributed by atoms with Gasteiger partial charge in [-0.3, -0.25) is 24.0 Å². The zero-order valence-electron chi connectivity index (χ0n) is 23.3. The number of Topliss-reactive ketones (excluding diaryl/α,β-unsaturated/α-hetero) is 1. The summed E-state index contributed by atoms with van der Waals surface area (Å²) in [6.07, 6.45) is -2.00. The van der Waals surface area contributed by atoms with Crippen LogP contribution >= 0.6 is 11.6 Å². The molecule has 0 aliphatic heterocycles. The van der Waals surface area contributed by atoms with Gasteiger partial charge < -0.3 is 10.0 Å². The summed E-state index contributed by atoms with van der Waals surface area (Å²) in [5.41, 5.74) is -2.79. The van der Waals surface area contributed by atoms with Crippen LogP contribution in [0.2, 0.25) is 5.02 Å². The topological polar surface area (TPSA) is 105 Å². The van der Waals surface area contributed by atoms with Crippen LogP contribution < -0.4 is 0 Å². The molecule has 1 amide bonds. The molecule has 1 fully saturated rings. The monoisotopic (exact) mass is 592 g/mol. The number of pyridine rings is 1. The number of ketones is 1. The number of fused-ring (bicyclic) bond motifs is 1. The van der Waals surface area contributed by atoms with Crippen molar-refractivity contribution in [3.63, 3.8) is 0 Å². The summed E-state index contributed by atoms with van der Waals surface area (Å²) in [7, 11) is 0. The Morgan fingerprint density at radius 2 is 1.76 bits per heavy atom. The van der Waals surface area contributed by atoms with E-state index in [1.165, 1.54) is 6.20 Å². The predicted octanol–water partition coefficient (Wildman–Crippen LogP) is 6.68. The number of alkyl halides is 3. The SMILES string of the molecule is CC(C)(C)CN(CC(=O)c1c(Cl)cnc2ccccc12)C(=O)c1cnn([C@H]2CC[C@](C)(C(=O)O)CC2)c1C(F)(F)F. The quantitative estimate of drug-likeness (QED) is 0.307. The number of amides is 1. The standard InChI is InChI=1S/C29H32ClF3N4O4/c1-27(2,3)16-36(15-22(38)23-18-7-5-6-8-21(18)34-14-20(23)30)25(39)19-13-35-37(24(19)29(31,32)33)17-9-11-28(4,12-10-17)26(40)41/h5-8,13-14,17H,9-12,15-16H2,1-4H3,(H,40,41)/t17-,28-. The first-order chi connectivity index (χ1) is 19.0. The molecule has 0 bridgehead atoms. The fraction of sp³-hybridized carbons (Fsp3) is 0.483. The second-order valence-corrected chi connectivity index (χ2v) is 12.5. The zero-order valence-corrected chi connectivity index (χ0v) is 24.0. The molecular weight excluding hydrogens is 561 g/mol. The van der Waals surface area contributed by atoms with Crippen molar-refractivity contribution in [1.82, 2.24) is 19.7 Å². The minimum atomic E-state index is -4.92. The Labute approximate surface area is 240 Å². The highest BCUT2D eigenvalue weighted by Crippen LogP contribution is 2.43. The number of hydrogen-bond acceptors (Lipinski definition) is 5. The van der Waals surface area contributed by atoms with Crippen LogP contribution in [0.25, 0.3) is 10.9 Å². The first-order valence-electron chi connectivity index (χ1n) is 13.3. The second-order valence-electron chi connectivity index (χ2n) is 12.1. The number of carbonyl (C=O) groups is 3. The van der Waals surface area contributed by atoms with Crippen molar-refractivity contribution in [1.29, 1.82) is 0 Å². The fourth-order valence-electron chi connectivity index (χ4n) is 5.37. The molecule has 2 aromatic heterocycles. The highest BCUT2D eigenvalue weighted by molar-refractivity contribution is 6.35. The van der Waals surface area contributed by atoms with Crippen molar-refractivity contribution >= 4 is 40.2 Å². The third kappa shape index (κ3) is 6.39. The average molecular weight is 593 g/mol. The van der Waals surface area contributed by atoms with Crippen molar-refractivity contribution in [2.24, 2.45) is 10.8 Å². The lowest BCUT2D eigenvalue weighted by Gasteiger charge is -2.34. The van der Waals surface area contributed by atoms with E-state index in [1.54, 1.807) is 31.2 Å². The Kier molecular flexibility index (Phi) is 8.23. The summed E-state index contributed by atoms with van der Waals surface area (Å²) in [4.78, 5) is 44.3. The molecule has 1 N–H and O–H groups in total. The minimum absolute atomic E-state index is 0.0128. The third-order valence-electron chi connectivity index (χ3n) is 7.51. The molecular formula is C29H32ClF3N4O4. The summed E-state index contributed by atoms with van der Waals surface area (Å²) in [5, 5.41) is 14.0. The van der Waals surface area contributed by atoms with Gasteiger partial charge in [-0.2, -0.15) is 18.3 Å². The Bertz CT molecular complexity index is 1490. The summed E-state index contributed by atoms with van der Waals surface area (Å²) in [5.74, 6) is -2.51. The van der Waals surface area contributed by atoms with E-state index in [2.05, 4.69) is 10.1 Å². The van der Waals surface area contributed by atoms with Crippen LogP contribution in [0.3, 0.4) is 0 Å². The van der Waals surface area contributed by atoms with E-state index < -0.39 is 58.5 Å². The van der Waals surface area contributed by atoms with Crippen molar-refractivity contribution in [3.8, 4) is 0 Å². The molecule has 3 aromatic rings. The number of carboxylic acids is 1. The van der Waals surface area contributed by atoms with Crippen molar-refractivity contribution < 1.29 is 32.7 Å². The van der Waals surface area contributed by atoms with E-state index in [1.807, 2.05) is 20.8 Å². The third-order valence-corrected chi connectivity index (χ3v) is 7.80. The number of halogens is 4. The van der Waals surface area contributed by atoms with Gasteiger partial charge in [0.15, 0.2) is 11.5 Å². The molecule has 4 rings (SSSR count). The number of hydrogen-bond donors (Lipinski definition) is 1. The minimum Gasteiger partial charge on any atom is -0.481 e. The van der Waals surface area contributed by atoms with Gasteiger partial charge in [-0.1, -0.05) is 50.6 Å². The number of aliphatic carboxylic acids is 1. The lowest BCUT2D eigenvalue weighted by molar-refractivity contribution is -0.152. The van der Waals surface area contributed by atoms with Crippen molar-refractivity contribution in [2.45, 2.75) is 65.6 Å². The summed E-state index contributed by atoms with van der Waals surface area (Å²) < 4.78 is 44.2. The zero-order chi connectivity index (χ0) is 30.3. The van der Waals surface area contributed by atoms with E-state index in [0.29, 0.717) is 10.9 Å². The number of benzene rings is 1. The van der Waals surface area contributed by atoms with Crippen LogP contribution in [0.15, 0.2) is 36.7 Å². The van der Waals surface area contributed by atoms with E-state index >= 15 is 0 Å². The van der Waals surface area contributed by atoms with Gasteiger partial charge in [0, 0.05) is 23.7 Å². The molecule has 2 heterocycles. The second kappa shape index (κ2) is 11.1. The lowest BCUT2D eigenvalue weighted by Crippen LogP contribution is -2.42. The Balaban J connectivity index is 1.70. The molecule has 1 aliphatic carbocycles. The van der Waals surface area contributed by atoms with Gasteiger partial charge in [0.05, 0.1) is 40.3 Å². The highest BCUT2D eigenvalue weighted by atomic mass is 35.5. The molecule has 0 spiro atoms. The van der Waals surface area contributed by atoms with Gasteiger partial charge in [-0.15, -0.1) is 0 Å². The van der Waals surface area contributed by atoms with E-state index in [0.717, 1.165) is 15.8 Å². The fourth-order valence-corrected chi connectivity index (χ4v) is 5.63. The smallest absolute Gasteiger partial charge is 0.433 e. The summed E-state index contributed by atoms with van der Waals surface area (Å²) >= 11 is 6.34. The molecule has 1 aliphatic rings. The first kappa shape index (κ1) is 30.5. The summed E-state index contributed by atoms with van der Waals surface area (Å²) in [6.45, 7) is 6.48. The molecule has 41 heavy (non-hydrogen) atoms. The number of aromatic nitrogens is 3. The largest absolute Gasteiger partial charge is 0.481 e. The van der Waals surface area contributed by atoms with E-state index in [-0.39, 0.29) is 42.8 Å². The van der Waals surface area contributed by atoms with E-state index in [4.69, 9.17) is 11.6 Å². The Morgan fingerprint density at radius 1 is 1.12 bits per heavy atom. The molecule has 12 heteroatoms. The molecule has 1 aromatic carbocycles. The van der Waals surface area contributed by atoms with Crippen LogP contribution in [-0.4, -0.2) is 55.5 Å². The van der Waals surface area contributed by atoms with Crippen LogP contribution in [0.4, 0.5) is 13.2 Å². The maximum Gasteiger partial charge on any atom is 0.433 e. The van der Waals surface area contributed by atoms with Crippen LogP contribution in [0.1, 0.15) is 85.8 Å². The van der Waals surface area contributed by atoms with Crippen molar-refractivity contribution in [3.05, 3.63) is 58.5 Å². The van der Waals surface area contributed by atoms with Gasteiger partial charge in [-0.05, 0) is 44.1 Å². The van der Waals surface area contributed by atoms with Crippen LogP contribution in [0.5, 0.6) is 0 Å². The number of para-hydroxylation sites is 1. The maximum absolute atomic E-state index is 14.5. The Morgan fingerprint density at radius 3 is 2.34 bits per heavy atom. The number of carbonyl (C=O) groups excluding carboxylic acids is 2. The summed E-state index contributed by atoms with van der Waals surface area (Å²) in [6, 6.07) is 6.11. The first-order valence-corrected chi connectivity index (χ1v) is 13.6. The highest BCUT2D eigenvalue weighted by Gasteiger charge is 2.45. The molecule has 0 unspecified atom stereocenters. The molecule has 0 radical (unpaired) electrons. The van der Waals surface area contributed by atoms with Gasteiger partial charge in [-0.25, -0.2) is 0 Å². The lowest BCUT2D eigenvalue weighted by atomic mass is 9.74. The van der Waals surface area contributed by atoms with E-state index in [9.17, 15) is 32.7 Å². The number of carboxylic acid groups (broad SMARTS) is 1. The molecule has 0 atom stereocenters. The van der Waals surface area contributed by atoms with Gasteiger partial charge >= 0.3 is 12.1 Å². The van der Waals surface area contributed by atoms with Gasteiger partial charge in [0.25, 0.3) is 5.91 Å². The van der Waals surface area contributed by atoms with Gasteiger partial charge in [0.2, 0.25) is 0 Å².